The number of H-pyrrole nitrogens is 1. The van der Waals surface area contributed by atoms with Gasteiger partial charge >= 0.3 is 5.69 Å². The van der Waals surface area contributed by atoms with E-state index >= 15 is 0 Å². The first kappa shape index (κ1) is 22.9. The first-order valence-corrected chi connectivity index (χ1v) is 12.1. The Morgan fingerprint density at radius 1 is 1.11 bits per heavy atom. The van der Waals surface area contributed by atoms with Gasteiger partial charge in [0.25, 0.3) is 5.56 Å². The minimum Gasteiger partial charge on any atom is -0.384 e. The van der Waals surface area contributed by atoms with Crippen molar-refractivity contribution in [3.8, 4) is 11.3 Å². The third kappa shape index (κ3) is 4.69. The molecule has 8 nitrogen and oxygen atoms in total. The average Bonchev–Trinajstić information content (AvgIpc) is 3.59. The van der Waals surface area contributed by atoms with Crippen LogP contribution in [-0.4, -0.2) is 30.6 Å². The summed E-state index contributed by atoms with van der Waals surface area (Å²) in [6.07, 6.45) is 3.24. The Hall–Kier alpha value is -3.92. The molecule has 2 heterocycles. The number of nitrogens with zero attached hydrogens (tertiary/aromatic N) is 3. The van der Waals surface area contributed by atoms with Gasteiger partial charge < -0.3 is 10.3 Å². The van der Waals surface area contributed by atoms with Crippen LogP contribution in [0.25, 0.3) is 11.3 Å². The van der Waals surface area contributed by atoms with Gasteiger partial charge in [-0.3, -0.25) is 19.1 Å². The second kappa shape index (κ2) is 9.38. The molecular weight excluding hydrogens is 469 g/mol. The maximum absolute atomic E-state index is 13.5. The van der Waals surface area contributed by atoms with Crippen molar-refractivity contribution >= 4 is 23.4 Å². The van der Waals surface area contributed by atoms with E-state index in [1.165, 1.54) is 28.5 Å². The number of halogens is 1. The molecule has 0 amide bonds. The fraction of sp³-hybridized carbons (Fsp3) is 0.200. The van der Waals surface area contributed by atoms with Gasteiger partial charge in [-0.05, 0) is 48.2 Å². The Morgan fingerprint density at radius 3 is 2.51 bits per heavy atom. The zero-order valence-corrected chi connectivity index (χ0v) is 19.4. The smallest absolute Gasteiger partial charge is 0.330 e. The number of rotatable bonds is 8. The molecule has 0 bridgehead atoms. The van der Waals surface area contributed by atoms with Gasteiger partial charge in [-0.25, -0.2) is 14.2 Å². The summed E-state index contributed by atoms with van der Waals surface area (Å²) in [6.45, 7) is 0.485. The molecule has 3 N–H and O–H groups in total. The molecule has 2 aromatic carbocycles. The zero-order valence-electron chi connectivity index (χ0n) is 18.6. The summed E-state index contributed by atoms with van der Waals surface area (Å²) < 4.78 is 16.7. The van der Waals surface area contributed by atoms with E-state index in [-0.39, 0.29) is 29.0 Å². The summed E-state index contributed by atoms with van der Waals surface area (Å²) in [5, 5.41) is 0.562. The SMILES string of the molecule is Nc1c(C(=O)CSc2ncc(-c3ccc(F)cc3)n2Cc2ccccc2)c(=O)[nH]c(=O)n1C1CC1. The topological polar surface area (TPSA) is 116 Å². The van der Waals surface area contributed by atoms with E-state index in [0.29, 0.717) is 11.7 Å². The first-order chi connectivity index (χ1) is 16.9. The van der Waals surface area contributed by atoms with Crippen molar-refractivity contribution in [1.82, 2.24) is 19.1 Å². The average molecular weight is 492 g/mol. The van der Waals surface area contributed by atoms with Crippen molar-refractivity contribution < 1.29 is 9.18 Å². The van der Waals surface area contributed by atoms with Crippen LogP contribution in [0.3, 0.4) is 0 Å². The van der Waals surface area contributed by atoms with Gasteiger partial charge in [0.05, 0.1) is 24.2 Å². The minimum atomic E-state index is -0.783. The van der Waals surface area contributed by atoms with Gasteiger partial charge in [0.2, 0.25) is 0 Å². The van der Waals surface area contributed by atoms with Crippen LogP contribution in [-0.2, 0) is 6.54 Å². The quantitative estimate of drug-likeness (QED) is 0.288. The Balaban J connectivity index is 1.45. The molecule has 1 saturated carbocycles. The third-order valence-corrected chi connectivity index (χ3v) is 6.84. The number of thioether (sulfide) groups is 1. The highest BCUT2D eigenvalue weighted by molar-refractivity contribution is 7.99. The zero-order chi connectivity index (χ0) is 24.5. The lowest BCUT2D eigenvalue weighted by Crippen LogP contribution is -2.36. The second-order valence-corrected chi connectivity index (χ2v) is 9.28. The van der Waals surface area contributed by atoms with Gasteiger partial charge in [0.1, 0.15) is 17.2 Å². The molecule has 35 heavy (non-hydrogen) atoms. The number of aromatic nitrogens is 4. The molecule has 1 aliphatic carbocycles. The summed E-state index contributed by atoms with van der Waals surface area (Å²) in [6, 6.07) is 15.8. The maximum Gasteiger partial charge on any atom is 0.330 e. The number of nitrogens with two attached hydrogens (primary N) is 1. The number of carbonyl (C=O) groups excluding carboxylic acids is 1. The monoisotopic (exact) mass is 491 g/mol. The molecule has 10 heteroatoms. The molecule has 1 fully saturated rings. The summed E-state index contributed by atoms with van der Waals surface area (Å²) >= 11 is 1.17. The van der Waals surface area contributed by atoms with E-state index in [2.05, 4.69) is 9.97 Å². The number of nitrogens with one attached hydrogen (secondary N) is 1. The Labute approximate surface area is 203 Å². The van der Waals surface area contributed by atoms with Crippen LogP contribution in [0.15, 0.2) is 75.5 Å². The number of hydrogen-bond acceptors (Lipinski definition) is 6. The summed E-state index contributed by atoms with van der Waals surface area (Å²) in [5.74, 6) is -1.00. The summed E-state index contributed by atoms with van der Waals surface area (Å²) in [4.78, 5) is 44.3. The van der Waals surface area contributed by atoms with Crippen molar-refractivity contribution in [2.24, 2.45) is 0 Å². The lowest BCUT2D eigenvalue weighted by molar-refractivity contribution is 0.102. The lowest BCUT2D eigenvalue weighted by atomic mass is 10.1. The van der Waals surface area contributed by atoms with Crippen LogP contribution in [0.1, 0.15) is 34.8 Å². The molecule has 0 unspecified atom stereocenters. The number of ketones is 1. The molecule has 178 valence electrons. The van der Waals surface area contributed by atoms with Crippen molar-refractivity contribution in [2.75, 3.05) is 11.5 Å². The number of hydrogen-bond donors (Lipinski definition) is 2. The molecule has 4 aromatic rings. The fourth-order valence-electron chi connectivity index (χ4n) is 3.98. The number of benzene rings is 2. The van der Waals surface area contributed by atoms with E-state index in [9.17, 15) is 18.8 Å². The van der Waals surface area contributed by atoms with Gasteiger partial charge in [-0.1, -0.05) is 42.1 Å². The van der Waals surface area contributed by atoms with Crippen molar-refractivity contribution in [2.45, 2.75) is 30.6 Å². The first-order valence-electron chi connectivity index (χ1n) is 11.1. The summed E-state index contributed by atoms with van der Waals surface area (Å²) in [5.41, 5.74) is 7.08. The van der Waals surface area contributed by atoms with Crippen LogP contribution in [0.5, 0.6) is 0 Å². The van der Waals surface area contributed by atoms with Crippen molar-refractivity contribution in [3.63, 3.8) is 0 Å². The lowest BCUT2D eigenvalue weighted by Gasteiger charge is -2.13. The Morgan fingerprint density at radius 2 is 1.83 bits per heavy atom. The normalized spacial score (nSPS) is 13.2. The predicted octanol–water partition coefficient (Wildman–Crippen LogP) is 3.48. The van der Waals surface area contributed by atoms with Gasteiger partial charge in [0.15, 0.2) is 10.9 Å². The van der Waals surface area contributed by atoms with E-state index in [4.69, 9.17) is 5.73 Å². The molecule has 0 radical (unpaired) electrons. The number of nitrogen functional groups attached to an aromatic ring is 1. The van der Waals surface area contributed by atoms with Gasteiger partial charge in [-0.2, -0.15) is 0 Å². The molecule has 1 aliphatic rings. The number of Topliss-reactive ketones (excluding diaryl/α,β-unsaturated/α-hetero) is 1. The molecule has 5 rings (SSSR count). The van der Waals surface area contributed by atoms with E-state index in [1.54, 1.807) is 18.3 Å². The van der Waals surface area contributed by atoms with Crippen LogP contribution in [0.2, 0.25) is 0 Å². The highest BCUT2D eigenvalue weighted by Crippen LogP contribution is 2.35. The summed E-state index contributed by atoms with van der Waals surface area (Å²) in [7, 11) is 0. The van der Waals surface area contributed by atoms with Crippen molar-refractivity contribution in [1.29, 1.82) is 0 Å². The second-order valence-electron chi connectivity index (χ2n) is 8.34. The van der Waals surface area contributed by atoms with Crippen LogP contribution in [0, 0.1) is 5.82 Å². The molecule has 0 saturated heterocycles. The standard InChI is InChI=1S/C25H22FN5O3S/c26-17-8-6-16(7-9-17)19-12-28-25(30(19)13-15-4-2-1-3-5-15)35-14-20(32)21-22(27)31(18-10-11-18)24(34)29-23(21)33/h1-9,12,18H,10-11,13-14,27H2,(H,29,33,34). The van der Waals surface area contributed by atoms with Crippen molar-refractivity contribution in [3.05, 3.63) is 98.6 Å². The molecular formula is C25H22FN5O3S. The van der Waals surface area contributed by atoms with E-state index < -0.39 is 17.0 Å². The van der Waals surface area contributed by atoms with E-state index in [1.807, 2.05) is 34.9 Å². The maximum atomic E-state index is 13.5. The Kier molecular flexibility index (Phi) is 6.12. The van der Waals surface area contributed by atoms with Gasteiger partial charge in [0, 0.05) is 6.04 Å². The third-order valence-electron chi connectivity index (χ3n) is 5.85. The molecule has 0 spiro atoms. The van der Waals surface area contributed by atoms with Crippen LogP contribution >= 0.6 is 11.8 Å². The van der Waals surface area contributed by atoms with E-state index in [0.717, 1.165) is 29.7 Å². The number of anilines is 1. The number of imidazole rings is 1. The van der Waals surface area contributed by atoms with Crippen LogP contribution in [0.4, 0.5) is 10.2 Å². The van der Waals surface area contributed by atoms with Gasteiger partial charge in [-0.15, -0.1) is 0 Å². The molecule has 2 aromatic heterocycles. The number of carbonyl (C=O) groups is 1. The fourth-order valence-corrected chi connectivity index (χ4v) is 4.83. The predicted molar refractivity (Wildman–Crippen MR) is 132 cm³/mol. The minimum absolute atomic E-state index is 0.0819. The molecule has 0 atom stereocenters. The van der Waals surface area contributed by atoms with Crippen LogP contribution < -0.4 is 17.0 Å². The highest BCUT2D eigenvalue weighted by atomic mass is 32.2. The Bertz CT molecular complexity index is 1510. The molecule has 0 aliphatic heterocycles. The highest BCUT2D eigenvalue weighted by Gasteiger charge is 2.30. The number of aromatic amines is 1. The largest absolute Gasteiger partial charge is 0.384 e.